The Balaban J connectivity index is 1.94. The molecule has 2 N–H and O–H groups in total. The molecule has 0 atom stereocenters. The Morgan fingerprint density at radius 3 is 1.23 bits per heavy atom. The van der Waals surface area contributed by atoms with E-state index in [-0.39, 0.29) is 0 Å². The van der Waals surface area contributed by atoms with E-state index in [0.717, 1.165) is 23.7 Å². The Kier molecular flexibility index (Phi) is 6.30. The minimum atomic E-state index is -3.12. The molecule has 3 aromatic carbocycles. The van der Waals surface area contributed by atoms with Gasteiger partial charge >= 0.3 is 8.80 Å². The Bertz CT molecular complexity index is 668. The van der Waals surface area contributed by atoms with E-state index in [1.807, 2.05) is 91.0 Å². The van der Waals surface area contributed by atoms with E-state index in [0.29, 0.717) is 12.6 Å². The van der Waals surface area contributed by atoms with E-state index in [9.17, 15) is 0 Å². The standard InChI is InChI=1S/C21H23NO3Si/c22-17-10-18-26(23-19-11-4-1-5-12-19,24-20-13-6-2-7-14-20)25-21-15-8-3-9-16-21/h1-9,11-16H,10,17-18,22H2. The lowest BCUT2D eigenvalue weighted by molar-refractivity contribution is 0.259. The molecule has 0 fully saturated rings. The summed E-state index contributed by atoms with van der Waals surface area (Å²) in [4.78, 5) is 0. The molecule has 0 saturated carbocycles. The summed E-state index contributed by atoms with van der Waals surface area (Å²) in [7, 11) is -3.12. The summed E-state index contributed by atoms with van der Waals surface area (Å²) in [6.45, 7) is 0.545. The van der Waals surface area contributed by atoms with Crippen LogP contribution in [-0.2, 0) is 0 Å². The summed E-state index contributed by atoms with van der Waals surface area (Å²) in [5.74, 6) is 2.18. The minimum Gasteiger partial charge on any atom is -0.483 e. The van der Waals surface area contributed by atoms with Crippen molar-refractivity contribution in [3.05, 3.63) is 91.0 Å². The fourth-order valence-electron chi connectivity index (χ4n) is 2.54. The number of rotatable bonds is 9. The molecule has 134 valence electrons. The van der Waals surface area contributed by atoms with Crippen LogP contribution in [-0.4, -0.2) is 15.3 Å². The molecule has 0 saturated heterocycles. The summed E-state index contributed by atoms with van der Waals surface area (Å²) in [6, 6.07) is 29.5. The van der Waals surface area contributed by atoms with Gasteiger partial charge in [0, 0.05) is 0 Å². The second-order valence-corrected chi connectivity index (χ2v) is 8.30. The molecule has 0 heterocycles. The molecule has 0 aromatic heterocycles. The first-order valence-electron chi connectivity index (χ1n) is 8.72. The molecule has 0 spiro atoms. The highest BCUT2D eigenvalue weighted by Crippen LogP contribution is 2.27. The van der Waals surface area contributed by atoms with Gasteiger partial charge in [0.2, 0.25) is 0 Å². The van der Waals surface area contributed by atoms with Crippen molar-refractivity contribution in [3.63, 3.8) is 0 Å². The molecule has 3 aromatic rings. The van der Waals surface area contributed by atoms with Crippen LogP contribution >= 0.6 is 0 Å². The highest BCUT2D eigenvalue weighted by molar-refractivity contribution is 6.63. The molecule has 0 aliphatic carbocycles. The van der Waals surface area contributed by atoms with Crippen LogP contribution in [0.4, 0.5) is 0 Å². The van der Waals surface area contributed by atoms with Gasteiger partial charge < -0.3 is 19.0 Å². The van der Waals surface area contributed by atoms with E-state index in [2.05, 4.69) is 0 Å². The van der Waals surface area contributed by atoms with Crippen LogP contribution in [0.2, 0.25) is 6.04 Å². The van der Waals surface area contributed by atoms with Crippen LogP contribution in [0.25, 0.3) is 0 Å². The van der Waals surface area contributed by atoms with Gasteiger partial charge in [-0.05, 0) is 49.4 Å². The monoisotopic (exact) mass is 365 g/mol. The summed E-state index contributed by atoms with van der Waals surface area (Å²) in [6.07, 6.45) is 0.749. The minimum absolute atomic E-state index is 0.545. The smallest absolute Gasteiger partial charge is 0.483 e. The maximum absolute atomic E-state index is 6.35. The second-order valence-electron chi connectivity index (χ2n) is 5.82. The molecular formula is C21H23NO3Si. The first-order chi connectivity index (χ1) is 12.8. The number of hydrogen-bond acceptors (Lipinski definition) is 4. The van der Waals surface area contributed by atoms with E-state index in [4.69, 9.17) is 19.0 Å². The third kappa shape index (κ3) is 5.11. The average molecular weight is 366 g/mol. The zero-order valence-corrected chi connectivity index (χ0v) is 15.6. The molecule has 3 rings (SSSR count). The van der Waals surface area contributed by atoms with Gasteiger partial charge in [-0.3, -0.25) is 0 Å². The van der Waals surface area contributed by atoms with Gasteiger partial charge in [-0.1, -0.05) is 54.6 Å². The highest BCUT2D eigenvalue weighted by atomic mass is 28.4. The third-order valence-corrected chi connectivity index (χ3v) is 6.34. The number of nitrogens with two attached hydrogens (primary N) is 1. The van der Waals surface area contributed by atoms with E-state index in [1.165, 1.54) is 0 Å². The maximum Gasteiger partial charge on any atom is 0.699 e. The maximum atomic E-state index is 6.35. The number of hydrogen-bond donors (Lipinski definition) is 1. The van der Waals surface area contributed by atoms with Crippen molar-refractivity contribution >= 4 is 8.80 Å². The van der Waals surface area contributed by atoms with Crippen LogP contribution in [0, 0.1) is 0 Å². The van der Waals surface area contributed by atoms with Crippen LogP contribution in [0.5, 0.6) is 17.2 Å². The summed E-state index contributed by atoms with van der Waals surface area (Å²) in [5, 5.41) is 0. The topological polar surface area (TPSA) is 53.7 Å². The Morgan fingerprint density at radius 2 is 0.923 bits per heavy atom. The van der Waals surface area contributed by atoms with Gasteiger partial charge in [-0.25, -0.2) is 0 Å². The summed E-state index contributed by atoms with van der Waals surface area (Å²) in [5.41, 5.74) is 5.77. The van der Waals surface area contributed by atoms with E-state index in [1.54, 1.807) is 0 Å². The third-order valence-electron chi connectivity index (χ3n) is 3.74. The normalized spacial score (nSPS) is 11.0. The molecule has 5 heteroatoms. The lowest BCUT2D eigenvalue weighted by Crippen LogP contribution is -2.55. The zero-order chi connectivity index (χ0) is 18.1. The molecule has 0 unspecified atom stereocenters. The number of para-hydroxylation sites is 3. The molecule has 26 heavy (non-hydrogen) atoms. The highest BCUT2D eigenvalue weighted by Gasteiger charge is 2.48. The van der Waals surface area contributed by atoms with Gasteiger partial charge in [0.25, 0.3) is 0 Å². The van der Waals surface area contributed by atoms with Gasteiger partial charge in [0.1, 0.15) is 17.2 Å². The van der Waals surface area contributed by atoms with Gasteiger partial charge in [-0.15, -0.1) is 0 Å². The van der Waals surface area contributed by atoms with Gasteiger partial charge in [-0.2, -0.15) is 0 Å². The zero-order valence-electron chi connectivity index (χ0n) is 14.6. The van der Waals surface area contributed by atoms with Crippen molar-refractivity contribution < 1.29 is 13.3 Å². The summed E-state index contributed by atoms with van der Waals surface area (Å²) < 4.78 is 19.1. The lowest BCUT2D eigenvalue weighted by Gasteiger charge is -2.30. The van der Waals surface area contributed by atoms with Crippen LogP contribution in [0.15, 0.2) is 91.0 Å². The predicted molar refractivity (Wildman–Crippen MR) is 105 cm³/mol. The quantitative estimate of drug-likeness (QED) is 0.567. The first kappa shape index (κ1) is 18.0. The molecule has 0 radical (unpaired) electrons. The van der Waals surface area contributed by atoms with Crippen molar-refractivity contribution in [3.8, 4) is 17.2 Å². The van der Waals surface area contributed by atoms with Crippen LogP contribution < -0.4 is 19.0 Å². The van der Waals surface area contributed by atoms with Crippen LogP contribution in [0.1, 0.15) is 6.42 Å². The van der Waals surface area contributed by atoms with Crippen LogP contribution in [0.3, 0.4) is 0 Å². The van der Waals surface area contributed by atoms with Crippen molar-refractivity contribution in [2.45, 2.75) is 12.5 Å². The molecule has 0 bridgehead atoms. The number of benzene rings is 3. The van der Waals surface area contributed by atoms with Crippen molar-refractivity contribution in [1.29, 1.82) is 0 Å². The lowest BCUT2D eigenvalue weighted by atomic mass is 10.3. The average Bonchev–Trinajstić information content (AvgIpc) is 2.69. The fourth-order valence-corrected chi connectivity index (χ4v) is 5.09. The molecule has 4 nitrogen and oxygen atoms in total. The fraction of sp³-hybridized carbons (Fsp3) is 0.143. The van der Waals surface area contributed by atoms with E-state index < -0.39 is 8.80 Å². The SMILES string of the molecule is NCCC[Si](Oc1ccccc1)(Oc1ccccc1)Oc1ccccc1. The molecule has 0 aliphatic rings. The van der Waals surface area contributed by atoms with Gasteiger partial charge in [0.05, 0.1) is 6.04 Å². The summed E-state index contributed by atoms with van der Waals surface area (Å²) >= 11 is 0. The van der Waals surface area contributed by atoms with Crippen molar-refractivity contribution in [2.24, 2.45) is 5.73 Å². The Morgan fingerprint density at radius 1 is 0.577 bits per heavy atom. The van der Waals surface area contributed by atoms with Crippen molar-refractivity contribution in [2.75, 3.05) is 6.54 Å². The molecular weight excluding hydrogens is 342 g/mol. The van der Waals surface area contributed by atoms with E-state index >= 15 is 0 Å². The second kappa shape index (κ2) is 9.08. The first-order valence-corrected chi connectivity index (χ1v) is 10.7. The Labute approximate surface area is 155 Å². The van der Waals surface area contributed by atoms with Gasteiger partial charge in [0.15, 0.2) is 0 Å². The predicted octanol–water partition coefficient (Wildman–Crippen LogP) is 4.51. The largest absolute Gasteiger partial charge is 0.699 e. The van der Waals surface area contributed by atoms with Crippen molar-refractivity contribution in [1.82, 2.24) is 0 Å². The molecule has 0 amide bonds. The Hall–Kier alpha value is -2.76. The molecule has 0 aliphatic heterocycles.